The van der Waals surface area contributed by atoms with Crippen LogP contribution in [-0.4, -0.2) is 14.3 Å². The Morgan fingerprint density at radius 2 is 1.67 bits per heavy atom. The summed E-state index contributed by atoms with van der Waals surface area (Å²) in [4.78, 5) is 0. The summed E-state index contributed by atoms with van der Waals surface area (Å²) in [5.74, 6) is 0. The number of aryl methyl sites for hydroxylation is 3. The van der Waals surface area contributed by atoms with Gasteiger partial charge < -0.3 is 4.57 Å². The zero-order chi connectivity index (χ0) is 17.7. The Balaban J connectivity index is 0.000000158. The fourth-order valence-corrected chi connectivity index (χ4v) is 2.56. The van der Waals surface area contributed by atoms with Crippen LogP contribution in [0.25, 0.3) is 23.1 Å². The molecule has 2 heterocycles. The van der Waals surface area contributed by atoms with Crippen molar-refractivity contribution in [2.75, 3.05) is 0 Å². The monoisotopic (exact) mass is 319 g/mol. The predicted molar refractivity (Wildman–Crippen MR) is 103 cm³/mol. The van der Waals surface area contributed by atoms with Gasteiger partial charge in [-0.05, 0) is 37.6 Å². The van der Waals surface area contributed by atoms with Crippen molar-refractivity contribution in [3.05, 3.63) is 64.4 Å². The molecule has 124 valence electrons. The minimum absolute atomic E-state index is 1.20. The Hall–Kier alpha value is -2.73. The van der Waals surface area contributed by atoms with E-state index in [9.17, 15) is 0 Å². The molecular weight excluding hydrogens is 294 g/mol. The summed E-state index contributed by atoms with van der Waals surface area (Å²) in [5.41, 5.74) is 12.1. The van der Waals surface area contributed by atoms with E-state index in [1.54, 1.807) is 0 Å². The maximum Gasteiger partial charge on any atom is 0.0681 e. The van der Waals surface area contributed by atoms with E-state index in [0.29, 0.717) is 0 Å². The van der Waals surface area contributed by atoms with Gasteiger partial charge in [-0.15, -0.1) is 0 Å². The number of fused-ring (bicyclic) bond motifs is 2. The van der Waals surface area contributed by atoms with Crippen molar-refractivity contribution < 1.29 is 0 Å². The summed E-state index contributed by atoms with van der Waals surface area (Å²) < 4.78 is 4.04. The predicted octanol–water partition coefficient (Wildman–Crippen LogP) is 5.04. The van der Waals surface area contributed by atoms with Gasteiger partial charge in [0, 0.05) is 36.8 Å². The highest BCUT2D eigenvalue weighted by Crippen LogP contribution is 2.18. The van der Waals surface area contributed by atoms with Gasteiger partial charge >= 0.3 is 0 Å². The molecule has 0 bridgehead atoms. The molecule has 0 fully saturated rings. The highest BCUT2D eigenvalue weighted by atomic mass is 15.2. The van der Waals surface area contributed by atoms with Crippen LogP contribution in [0.2, 0.25) is 0 Å². The minimum Gasteiger partial charge on any atom is -0.347 e. The topological polar surface area (TPSA) is 22.8 Å². The minimum atomic E-state index is 1.20. The molecule has 0 saturated heterocycles. The first-order chi connectivity index (χ1) is 11.6. The van der Waals surface area contributed by atoms with E-state index in [2.05, 4.69) is 66.3 Å². The standard InChI is InChI=1S/C10H9N.C9H10N2.C2H6/c1-8-7-9-5-3-4-6-10(9)11(8)2;1-7-3-4-8-6-10-11(2)9(8)5-7;1-2/h5-7H,1-2H3;3-6H,1-2H3;1-2H3. The Kier molecular flexibility index (Phi) is 5.65. The molecule has 3 nitrogen and oxygen atoms in total. The summed E-state index contributed by atoms with van der Waals surface area (Å²) in [5, 5.41) is 5.36. The van der Waals surface area contributed by atoms with Crippen LogP contribution in [0, 0.1) is 13.8 Å². The van der Waals surface area contributed by atoms with Crippen molar-refractivity contribution in [3.8, 4) is 0 Å². The normalized spacial score (nSPS) is 10.8. The van der Waals surface area contributed by atoms with Gasteiger partial charge in [-0.3, -0.25) is 4.68 Å². The molecule has 0 N–H and O–H groups in total. The lowest BCUT2D eigenvalue weighted by Crippen LogP contribution is -1.93. The number of hydrogen-bond donors (Lipinski definition) is 0. The lowest BCUT2D eigenvalue weighted by atomic mass is 10.2. The molecule has 1 aromatic carbocycles. The number of aromatic nitrogens is 3. The first-order valence-electron chi connectivity index (χ1n) is 8.28. The van der Waals surface area contributed by atoms with Gasteiger partial charge in [0.1, 0.15) is 0 Å². The molecule has 4 rings (SSSR count). The SMILES string of the molecule is CC.Cc1cc2c(n1C)C=C=C=C2.Cc1ccc2cnn(C)c2c1. The third kappa shape index (κ3) is 3.60. The molecule has 0 amide bonds. The van der Waals surface area contributed by atoms with Crippen LogP contribution in [0.3, 0.4) is 0 Å². The fraction of sp³-hybridized carbons (Fsp3) is 0.286. The molecule has 0 atom stereocenters. The second-order valence-corrected chi connectivity index (χ2v) is 5.59. The van der Waals surface area contributed by atoms with Crippen molar-refractivity contribution in [3.63, 3.8) is 0 Å². The quantitative estimate of drug-likeness (QED) is 0.417. The molecule has 0 saturated carbocycles. The van der Waals surface area contributed by atoms with Gasteiger partial charge in [0.05, 0.1) is 17.4 Å². The summed E-state index contributed by atoms with van der Waals surface area (Å²) >= 11 is 0. The van der Waals surface area contributed by atoms with E-state index >= 15 is 0 Å². The van der Waals surface area contributed by atoms with Gasteiger partial charge in [0.15, 0.2) is 0 Å². The van der Waals surface area contributed by atoms with Crippen LogP contribution in [0.5, 0.6) is 0 Å². The number of nitrogens with zero attached hydrogens (tertiary/aromatic N) is 3. The van der Waals surface area contributed by atoms with E-state index in [4.69, 9.17) is 0 Å². The van der Waals surface area contributed by atoms with E-state index in [1.807, 2.05) is 43.9 Å². The largest absolute Gasteiger partial charge is 0.347 e. The molecule has 24 heavy (non-hydrogen) atoms. The first-order valence-corrected chi connectivity index (χ1v) is 8.28. The second-order valence-electron chi connectivity index (χ2n) is 5.59. The van der Waals surface area contributed by atoms with Gasteiger partial charge in [0.2, 0.25) is 0 Å². The van der Waals surface area contributed by atoms with Crippen LogP contribution in [0.15, 0.2) is 41.9 Å². The van der Waals surface area contributed by atoms with Crippen molar-refractivity contribution in [1.82, 2.24) is 14.3 Å². The number of hydrogen-bond acceptors (Lipinski definition) is 1. The fourth-order valence-electron chi connectivity index (χ4n) is 2.56. The highest BCUT2D eigenvalue weighted by Gasteiger charge is 2.05. The van der Waals surface area contributed by atoms with E-state index in [0.717, 1.165) is 0 Å². The maximum atomic E-state index is 4.15. The summed E-state index contributed by atoms with van der Waals surface area (Å²) in [6.07, 6.45) is 5.80. The summed E-state index contributed by atoms with van der Waals surface area (Å²) in [6.45, 7) is 8.19. The molecule has 1 aliphatic rings. The molecule has 0 unspecified atom stereocenters. The van der Waals surface area contributed by atoms with Crippen LogP contribution in [-0.2, 0) is 14.1 Å². The van der Waals surface area contributed by atoms with Crippen LogP contribution >= 0.6 is 0 Å². The van der Waals surface area contributed by atoms with Gasteiger partial charge in [-0.1, -0.05) is 37.4 Å². The highest BCUT2D eigenvalue weighted by molar-refractivity contribution is 5.79. The van der Waals surface area contributed by atoms with Crippen LogP contribution in [0.4, 0.5) is 0 Å². The van der Waals surface area contributed by atoms with Crippen molar-refractivity contribution in [2.24, 2.45) is 14.1 Å². The lowest BCUT2D eigenvalue weighted by molar-refractivity contribution is 0.796. The molecular formula is C21H25N3. The maximum absolute atomic E-state index is 4.15. The smallest absolute Gasteiger partial charge is 0.0681 e. The molecule has 2 aromatic heterocycles. The molecule has 3 heteroatoms. The van der Waals surface area contributed by atoms with Crippen molar-refractivity contribution in [2.45, 2.75) is 27.7 Å². The third-order valence-corrected chi connectivity index (χ3v) is 3.98. The first kappa shape index (κ1) is 17.6. The average Bonchev–Trinajstić information content (AvgIpc) is 3.11. The Morgan fingerprint density at radius 1 is 0.958 bits per heavy atom. The lowest BCUT2D eigenvalue weighted by Gasteiger charge is -1.99. The average molecular weight is 319 g/mol. The Bertz CT molecular complexity index is 941. The van der Waals surface area contributed by atoms with Gasteiger partial charge in [-0.2, -0.15) is 5.10 Å². The van der Waals surface area contributed by atoms with E-state index < -0.39 is 0 Å². The van der Waals surface area contributed by atoms with E-state index in [-0.39, 0.29) is 0 Å². The molecule has 0 spiro atoms. The molecule has 0 aliphatic heterocycles. The van der Waals surface area contributed by atoms with Gasteiger partial charge in [0.25, 0.3) is 0 Å². The second kappa shape index (κ2) is 7.70. The van der Waals surface area contributed by atoms with Crippen LogP contribution < -0.4 is 0 Å². The summed E-state index contributed by atoms with van der Waals surface area (Å²) in [7, 11) is 4.02. The Labute approximate surface area is 144 Å². The molecule has 0 radical (unpaired) electrons. The third-order valence-electron chi connectivity index (χ3n) is 3.98. The summed E-state index contributed by atoms with van der Waals surface area (Å²) in [6, 6.07) is 8.49. The van der Waals surface area contributed by atoms with E-state index in [1.165, 1.54) is 33.4 Å². The number of rotatable bonds is 0. The zero-order valence-corrected chi connectivity index (χ0v) is 15.4. The van der Waals surface area contributed by atoms with Crippen molar-refractivity contribution in [1.29, 1.82) is 0 Å². The van der Waals surface area contributed by atoms with Crippen molar-refractivity contribution >= 4 is 23.1 Å². The number of benzene rings is 1. The van der Waals surface area contributed by atoms with Gasteiger partial charge in [-0.25, -0.2) is 0 Å². The zero-order valence-electron chi connectivity index (χ0n) is 15.4. The molecule has 3 aromatic rings. The Morgan fingerprint density at radius 3 is 2.38 bits per heavy atom. The molecule has 1 aliphatic carbocycles. The van der Waals surface area contributed by atoms with Crippen LogP contribution in [0.1, 0.15) is 36.4 Å².